The summed E-state index contributed by atoms with van der Waals surface area (Å²) < 4.78 is 5.07. The highest BCUT2D eigenvalue weighted by Gasteiger charge is 2.35. The van der Waals surface area contributed by atoms with E-state index in [4.69, 9.17) is 4.74 Å². The second kappa shape index (κ2) is 7.59. The highest BCUT2D eigenvalue weighted by atomic mass is 16.5. The topological polar surface area (TPSA) is 80.3 Å². The van der Waals surface area contributed by atoms with Crippen molar-refractivity contribution >= 4 is 17.5 Å². The van der Waals surface area contributed by atoms with Crippen LogP contribution in [-0.2, 0) is 16.1 Å². The molecule has 6 heteroatoms. The molecule has 24 heavy (non-hydrogen) atoms. The van der Waals surface area contributed by atoms with Crippen LogP contribution in [0.25, 0.3) is 0 Å². The highest BCUT2D eigenvalue weighted by molar-refractivity contribution is 6.09. The van der Waals surface area contributed by atoms with Gasteiger partial charge < -0.3 is 15.4 Å². The summed E-state index contributed by atoms with van der Waals surface area (Å²) in [5.41, 5.74) is 0.327. The number of aromatic nitrogens is 1. The van der Waals surface area contributed by atoms with Gasteiger partial charge in [0, 0.05) is 24.6 Å². The molecule has 126 valence electrons. The number of carbonyl (C=O) groups excluding carboxylic acids is 2. The van der Waals surface area contributed by atoms with E-state index in [-0.39, 0.29) is 11.8 Å². The minimum Gasteiger partial charge on any atom is -0.497 e. The molecular weight excluding hydrogens is 306 g/mol. The number of anilines is 1. The predicted octanol–water partition coefficient (Wildman–Crippen LogP) is 2.37. The number of carbonyl (C=O) groups is 2. The normalized spacial score (nSPS) is 10.8. The number of rotatable bonds is 6. The first-order chi connectivity index (χ1) is 11.4. The van der Waals surface area contributed by atoms with E-state index in [0.717, 1.165) is 5.56 Å². The Kier molecular flexibility index (Phi) is 5.52. The molecule has 2 amide bonds. The summed E-state index contributed by atoms with van der Waals surface area (Å²) in [4.78, 5) is 28.7. The van der Waals surface area contributed by atoms with E-state index in [9.17, 15) is 9.59 Å². The van der Waals surface area contributed by atoms with Crippen LogP contribution in [0.1, 0.15) is 19.4 Å². The SMILES string of the molecule is COc1ccc(NC(=O)C(C)(C)C(=O)NCc2ccncc2)cc1. The van der Waals surface area contributed by atoms with Crippen LogP contribution in [0.5, 0.6) is 5.75 Å². The Morgan fingerprint density at radius 1 is 1.04 bits per heavy atom. The van der Waals surface area contributed by atoms with Crippen LogP contribution in [0.4, 0.5) is 5.69 Å². The average molecular weight is 327 g/mol. The molecule has 0 unspecified atom stereocenters. The molecule has 2 N–H and O–H groups in total. The van der Waals surface area contributed by atoms with Crippen molar-refractivity contribution in [3.05, 3.63) is 54.4 Å². The van der Waals surface area contributed by atoms with Gasteiger partial charge in [0.1, 0.15) is 11.2 Å². The third-order valence-electron chi connectivity index (χ3n) is 3.69. The molecule has 0 radical (unpaired) electrons. The third-order valence-corrected chi connectivity index (χ3v) is 3.69. The molecule has 0 atom stereocenters. The van der Waals surface area contributed by atoms with Crippen LogP contribution in [-0.4, -0.2) is 23.9 Å². The van der Waals surface area contributed by atoms with E-state index in [2.05, 4.69) is 15.6 Å². The van der Waals surface area contributed by atoms with Gasteiger partial charge in [-0.2, -0.15) is 0 Å². The van der Waals surface area contributed by atoms with Crippen LogP contribution in [0.15, 0.2) is 48.8 Å². The lowest BCUT2D eigenvalue weighted by Crippen LogP contribution is -2.44. The van der Waals surface area contributed by atoms with Crippen LogP contribution >= 0.6 is 0 Å². The quantitative estimate of drug-likeness (QED) is 0.798. The number of nitrogens with one attached hydrogen (secondary N) is 2. The summed E-state index contributed by atoms with van der Waals surface area (Å²) in [6.45, 7) is 3.53. The van der Waals surface area contributed by atoms with Crippen molar-refractivity contribution in [2.24, 2.45) is 5.41 Å². The Hall–Kier alpha value is -2.89. The molecule has 1 aromatic carbocycles. The second-order valence-corrected chi connectivity index (χ2v) is 5.85. The molecule has 2 aromatic rings. The first-order valence-electron chi connectivity index (χ1n) is 7.56. The minimum absolute atomic E-state index is 0.342. The van der Waals surface area contributed by atoms with Gasteiger partial charge in [0.25, 0.3) is 0 Å². The monoisotopic (exact) mass is 327 g/mol. The van der Waals surface area contributed by atoms with Crippen molar-refractivity contribution < 1.29 is 14.3 Å². The number of hydrogen-bond acceptors (Lipinski definition) is 4. The second-order valence-electron chi connectivity index (χ2n) is 5.85. The van der Waals surface area contributed by atoms with Gasteiger partial charge in [0.15, 0.2) is 0 Å². The Labute approximate surface area is 141 Å². The Bertz CT molecular complexity index is 697. The number of amides is 2. The molecular formula is C18H21N3O3. The summed E-state index contributed by atoms with van der Waals surface area (Å²) in [6.07, 6.45) is 3.31. The van der Waals surface area contributed by atoms with E-state index < -0.39 is 5.41 Å². The Morgan fingerprint density at radius 2 is 1.67 bits per heavy atom. The minimum atomic E-state index is -1.20. The maximum atomic E-state index is 12.4. The van der Waals surface area contributed by atoms with Crippen molar-refractivity contribution in [1.29, 1.82) is 0 Å². The zero-order chi connectivity index (χ0) is 17.6. The maximum Gasteiger partial charge on any atom is 0.239 e. The molecule has 0 saturated carbocycles. The van der Waals surface area contributed by atoms with Gasteiger partial charge in [-0.25, -0.2) is 0 Å². The smallest absolute Gasteiger partial charge is 0.239 e. The average Bonchev–Trinajstić information content (AvgIpc) is 2.61. The van der Waals surface area contributed by atoms with E-state index in [1.807, 2.05) is 12.1 Å². The van der Waals surface area contributed by atoms with Crippen molar-refractivity contribution in [3.8, 4) is 5.75 Å². The number of hydrogen-bond donors (Lipinski definition) is 2. The molecule has 0 bridgehead atoms. The molecule has 0 aliphatic rings. The van der Waals surface area contributed by atoms with E-state index >= 15 is 0 Å². The fourth-order valence-electron chi connectivity index (χ4n) is 1.97. The molecule has 0 saturated heterocycles. The summed E-state index contributed by atoms with van der Waals surface area (Å²) in [5.74, 6) is -0.0208. The van der Waals surface area contributed by atoms with Gasteiger partial charge in [-0.05, 0) is 55.8 Å². The van der Waals surface area contributed by atoms with Crippen LogP contribution in [0, 0.1) is 5.41 Å². The number of methoxy groups -OCH3 is 1. The largest absolute Gasteiger partial charge is 0.497 e. The first-order valence-corrected chi connectivity index (χ1v) is 7.56. The van der Waals surface area contributed by atoms with Gasteiger partial charge >= 0.3 is 0 Å². The van der Waals surface area contributed by atoms with E-state index in [1.54, 1.807) is 57.6 Å². The Balaban J connectivity index is 1.96. The van der Waals surface area contributed by atoms with Crippen LogP contribution in [0.3, 0.4) is 0 Å². The molecule has 1 heterocycles. The summed E-state index contributed by atoms with van der Waals surface area (Å²) >= 11 is 0. The molecule has 0 aliphatic heterocycles. The molecule has 2 rings (SSSR count). The van der Waals surface area contributed by atoms with E-state index in [0.29, 0.717) is 18.0 Å². The maximum absolute atomic E-state index is 12.4. The summed E-state index contributed by atoms with van der Waals surface area (Å²) in [5, 5.41) is 5.52. The molecule has 0 spiro atoms. The number of nitrogens with zero attached hydrogens (tertiary/aromatic N) is 1. The van der Waals surface area contributed by atoms with Crippen molar-refractivity contribution in [2.45, 2.75) is 20.4 Å². The lowest BCUT2D eigenvalue weighted by molar-refractivity contribution is -0.138. The summed E-state index contributed by atoms with van der Waals surface area (Å²) in [6, 6.07) is 10.6. The van der Waals surface area contributed by atoms with Crippen LogP contribution < -0.4 is 15.4 Å². The number of ether oxygens (including phenoxy) is 1. The lowest BCUT2D eigenvalue weighted by atomic mass is 9.91. The zero-order valence-electron chi connectivity index (χ0n) is 14.0. The summed E-state index contributed by atoms with van der Waals surface area (Å²) in [7, 11) is 1.57. The van der Waals surface area contributed by atoms with Crippen molar-refractivity contribution in [2.75, 3.05) is 12.4 Å². The van der Waals surface area contributed by atoms with Crippen molar-refractivity contribution in [1.82, 2.24) is 10.3 Å². The molecule has 0 aliphatic carbocycles. The number of pyridine rings is 1. The predicted molar refractivity (Wildman–Crippen MR) is 91.5 cm³/mol. The highest BCUT2D eigenvalue weighted by Crippen LogP contribution is 2.21. The van der Waals surface area contributed by atoms with Crippen molar-refractivity contribution in [3.63, 3.8) is 0 Å². The van der Waals surface area contributed by atoms with Gasteiger partial charge in [-0.15, -0.1) is 0 Å². The standard InChI is InChI=1S/C18H21N3O3/c1-18(2,16(22)20-12-13-8-10-19-11-9-13)17(23)21-14-4-6-15(24-3)7-5-14/h4-11H,12H2,1-3H3,(H,20,22)(H,21,23). The molecule has 6 nitrogen and oxygen atoms in total. The van der Waals surface area contributed by atoms with Gasteiger partial charge in [0.2, 0.25) is 11.8 Å². The fourth-order valence-corrected chi connectivity index (χ4v) is 1.97. The van der Waals surface area contributed by atoms with Gasteiger partial charge in [-0.3, -0.25) is 14.6 Å². The first kappa shape index (κ1) is 17.5. The lowest BCUT2D eigenvalue weighted by Gasteiger charge is -2.22. The van der Waals surface area contributed by atoms with E-state index in [1.165, 1.54) is 0 Å². The molecule has 1 aromatic heterocycles. The molecule has 0 fully saturated rings. The van der Waals surface area contributed by atoms with Crippen LogP contribution in [0.2, 0.25) is 0 Å². The van der Waals surface area contributed by atoms with Gasteiger partial charge in [0.05, 0.1) is 7.11 Å². The number of benzene rings is 1. The fraction of sp³-hybridized carbons (Fsp3) is 0.278. The zero-order valence-corrected chi connectivity index (χ0v) is 14.0. The Morgan fingerprint density at radius 3 is 2.25 bits per heavy atom. The third kappa shape index (κ3) is 4.32. The van der Waals surface area contributed by atoms with Gasteiger partial charge in [-0.1, -0.05) is 0 Å².